The first-order valence-electron chi connectivity index (χ1n) is 8.61. The molecule has 0 N–H and O–H groups in total. The van der Waals surface area contributed by atoms with Gasteiger partial charge in [0.25, 0.3) is 0 Å². The zero-order chi connectivity index (χ0) is 16.4. The molecule has 0 bridgehead atoms. The summed E-state index contributed by atoms with van der Waals surface area (Å²) in [6.45, 7) is 11.1. The number of hydrogen-bond acceptors (Lipinski definition) is 2. The SMILES string of the molecule is CCC(C)(C)C(C)c1ccc(C(=O)OC2(C)CCCC2)cc1. The Kier molecular flexibility index (Phi) is 4.99. The quantitative estimate of drug-likeness (QED) is 0.651. The van der Waals surface area contributed by atoms with Gasteiger partial charge in [-0.2, -0.15) is 0 Å². The lowest BCUT2D eigenvalue weighted by Gasteiger charge is -2.31. The molecular weight excluding hydrogens is 272 g/mol. The largest absolute Gasteiger partial charge is 0.456 e. The lowest BCUT2D eigenvalue weighted by atomic mass is 9.74. The minimum atomic E-state index is -0.257. The number of ether oxygens (including phenoxy) is 1. The maximum atomic E-state index is 12.3. The first-order valence-corrected chi connectivity index (χ1v) is 8.61. The van der Waals surface area contributed by atoms with Crippen molar-refractivity contribution in [3.8, 4) is 0 Å². The standard InChI is InChI=1S/C20H30O2/c1-6-19(3,4)15(2)16-9-11-17(12-10-16)18(21)22-20(5)13-7-8-14-20/h9-12,15H,6-8,13-14H2,1-5H3. The molecule has 1 saturated carbocycles. The summed E-state index contributed by atoms with van der Waals surface area (Å²) in [5.41, 5.74) is 1.96. The van der Waals surface area contributed by atoms with E-state index in [0.29, 0.717) is 11.5 Å². The smallest absolute Gasteiger partial charge is 0.338 e. The van der Waals surface area contributed by atoms with Crippen molar-refractivity contribution in [1.29, 1.82) is 0 Å². The molecule has 122 valence electrons. The fourth-order valence-electron chi connectivity index (χ4n) is 3.17. The summed E-state index contributed by atoms with van der Waals surface area (Å²) < 4.78 is 5.73. The van der Waals surface area contributed by atoms with Crippen LogP contribution in [0.3, 0.4) is 0 Å². The second kappa shape index (κ2) is 6.44. The van der Waals surface area contributed by atoms with Crippen LogP contribution in [0.25, 0.3) is 0 Å². The first-order chi connectivity index (χ1) is 10.3. The number of carbonyl (C=O) groups excluding carboxylic acids is 1. The maximum absolute atomic E-state index is 12.3. The second-order valence-corrected chi connectivity index (χ2v) is 7.73. The minimum Gasteiger partial charge on any atom is -0.456 e. The lowest BCUT2D eigenvalue weighted by Crippen LogP contribution is -2.28. The molecule has 1 fully saturated rings. The molecule has 0 spiro atoms. The van der Waals surface area contributed by atoms with Gasteiger partial charge in [0.05, 0.1) is 5.56 Å². The molecule has 1 aromatic rings. The zero-order valence-electron chi connectivity index (χ0n) is 14.7. The van der Waals surface area contributed by atoms with E-state index in [2.05, 4.69) is 46.8 Å². The average Bonchev–Trinajstić information content (AvgIpc) is 2.92. The van der Waals surface area contributed by atoms with Gasteiger partial charge in [0, 0.05) is 0 Å². The molecule has 0 radical (unpaired) electrons. The molecule has 0 amide bonds. The highest BCUT2D eigenvalue weighted by atomic mass is 16.6. The van der Waals surface area contributed by atoms with E-state index in [4.69, 9.17) is 4.74 Å². The van der Waals surface area contributed by atoms with Crippen molar-refractivity contribution in [2.24, 2.45) is 5.41 Å². The monoisotopic (exact) mass is 302 g/mol. The maximum Gasteiger partial charge on any atom is 0.338 e. The predicted octanol–water partition coefficient (Wildman–Crippen LogP) is 5.72. The van der Waals surface area contributed by atoms with Gasteiger partial charge in [-0.25, -0.2) is 4.79 Å². The van der Waals surface area contributed by atoms with Crippen LogP contribution < -0.4 is 0 Å². The Balaban J connectivity index is 2.07. The number of hydrogen-bond donors (Lipinski definition) is 0. The van der Waals surface area contributed by atoms with Crippen LogP contribution >= 0.6 is 0 Å². The zero-order valence-corrected chi connectivity index (χ0v) is 14.7. The summed E-state index contributed by atoms with van der Waals surface area (Å²) in [4.78, 5) is 12.3. The van der Waals surface area contributed by atoms with Crippen LogP contribution in [-0.2, 0) is 4.74 Å². The van der Waals surface area contributed by atoms with Crippen LogP contribution in [-0.4, -0.2) is 11.6 Å². The van der Waals surface area contributed by atoms with Crippen molar-refractivity contribution < 1.29 is 9.53 Å². The van der Waals surface area contributed by atoms with Crippen LogP contribution in [0.15, 0.2) is 24.3 Å². The molecule has 1 unspecified atom stereocenters. The number of benzene rings is 1. The Labute approximate surface area is 135 Å². The summed E-state index contributed by atoms with van der Waals surface area (Å²) in [6.07, 6.45) is 5.42. The van der Waals surface area contributed by atoms with Gasteiger partial charge in [-0.3, -0.25) is 0 Å². The molecule has 0 aromatic heterocycles. The highest BCUT2D eigenvalue weighted by Gasteiger charge is 2.33. The first kappa shape index (κ1) is 17.1. The summed E-state index contributed by atoms with van der Waals surface area (Å²) >= 11 is 0. The fourth-order valence-corrected chi connectivity index (χ4v) is 3.17. The van der Waals surface area contributed by atoms with E-state index < -0.39 is 0 Å². The van der Waals surface area contributed by atoms with Crippen molar-refractivity contribution in [3.63, 3.8) is 0 Å². The number of carbonyl (C=O) groups is 1. The molecule has 2 rings (SSSR count). The van der Waals surface area contributed by atoms with E-state index in [1.165, 1.54) is 5.56 Å². The Morgan fingerprint density at radius 3 is 2.27 bits per heavy atom. The minimum absolute atomic E-state index is 0.182. The fraction of sp³-hybridized carbons (Fsp3) is 0.650. The van der Waals surface area contributed by atoms with Crippen LogP contribution in [0.2, 0.25) is 0 Å². The molecule has 0 aliphatic heterocycles. The topological polar surface area (TPSA) is 26.3 Å². The third-order valence-electron chi connectivity index (χ3n) is 5.73. The van der Waals surface area contributed by atoms with Crippen molar-refractivity contribution in [1.82, 2.24) is 0 Å². The van der Waals surface area contributed by atoms with Gasteiger partial charge in [0.1, 0.15) is 5.60 Å². The molecule has 1 aromatic carbocycles. The molecule has 0 heterocycles. The van der Waals surface area contributed by atoms with Crippen LogP contribution in [0.4, 0.5) is 0 Å². The van der Waals surface area contributed by atoms with Crippen molar-refractivity contribution in [3.05, 3.63) is 35.4 Å². The lowest BCUT2D eigenvalue weighted by molar-refractivity contribution is -0.00608. The summed E-state index contributed by atoms with van der Waals surface area (Å²) in [7, 11) is 0. The highest BCUT2D eigenvalue weighted by Crippen LogP contribution is 2.38. The van der Waals surface area contributed by atoms with Crippen molar-refractivity contribution >= 4 is 5.97 Å². The predicted molar refractivity (Wildman–Crippen MR) is 91.2 cm³/mol. The average molecular weight is 302 g/mol. The van der Waals surface area contributed by atoms with Gasteiger partial charge >= 0.3 is 5.97 Å². The Morgan fingerprint density at radius 1 is 1.23 bits per heavy atom. The Morgan fingerprint density at radius 2 is 1.77 bits per heavy atom. The van der Waals surface area contributed by atoms with Gasteiger partial charge < -0.3 is 4.74 Å². The number of rotatable bonds is 5. The summed E-state index contributed by atoms with van der Waals surface area (Å²) in [6, 6.07) is 7.99. The molecule has 22 heavy (non-hydrogen) atoms. The van der Waals surface area contributed by atoms with E-state index in [1.807, 2.05) is 12.1 Å². The van der Waals surface area contributed by atoms with E-state index in [1.54, 1.807) is 0 Å². The van der Waals surface area contributed by atoms with Gasteiger partial charge in [0.2, 0.25) is 0 Å². The van der Waals surface area contributed by atoms with E-state index in [0.717, 1.165) is 32.1 Å². The molecule has 1 atom stereocenters. The van der Waals surface area contributed by atoms with Crippen molar-refractivity contribution in [2.45, 2.75) is 78.2 Å². The normalized spacial score (nSPS) is 19.0. The summed E-state index contributed by atoms with van der Waals surface area (Å²) in [5.74, 6) is 0.285. The molecule has 0 saturated heterocycles. The van der Waals surface area contributed by atoms with Crippen molar-refractivity contribution in [2.75, 3.05) is 0 Å². The van der Waals surface area contributed by atoms with E-state index >= 15 is 0 Å². The van der Waals surface area contributed by atoms with Gasteiger partial charge in [0.15, 0.2) is 0 Å². The van der Waals surface area contributed by atoms with Crippen LogP contribution in [0.1, 0.15) is 88.6 Å². The Bertz CT molecular complexity index is 507. The van der Waals surface area contributed by atoms with E-state index in [9.17, 15) is 4.79 Å². The molecule has 2 nitrogen and oxygen atoms in total. The van der Waals surface area contributed by atoms with E-state index in [-0.39, 0.29) is 17.0 Å². The Hall–Kier alpha value is -1.31. The van der Waals surface area contributed by atoms with Crippen LogP contribution in [0, 0.1) is 5.41 Å². The van der Waals surface area contributed by atoms with Gasteiger partial charge in [-0.05, 0) is 61.6 Å². The second-order valence-electron chi connectivity index (χ2n) is 7.73. The van der Waals surface area contributed by atoms with Gasteiger partial charge in [-0.1, -0.05) is 46.2 Å². The highest BCUT2D eigenvalue weighted by molar-refractivity contribution is 5.89. The molecule has 2 heteroatoms. The van der Waals surface area contributed by atoms with Gasteiger partial charge in [-0.15, -0.1) is 0 Å². The molecule has 1 aliphatic carbocycles. The molecular formula is C20H30O2. The van der Waals surface area contributed by atoms with Crippen LogP contribution in [0.5, 0.6) is 0 Å². The third kappa shape index (κ3) is 3.71. The summed E-state index contributed by atoms with van der Waals surface area (Å²) in [5, 5.41) is 0. The third-order valence-corrected chi connectivity index (χ3v) is 5.73. The molecule has 1 aliphatic rings. The number of esters is 1.